The molecule has 3 aromatic rings. The molecule has 0 fully saturated rings. The number of hydrogen-bond acceptors (Lipinski definition) is 6. The lowest BCUT2D eigenvalue weighted by molar-refractivity contribution is 0.0468. The molecule has 8 heteroatoms. The first-order valence-electron chi connectivity index (χ1n) is 8.97. The third kappa shape index (κ3) is 4.38. The second kappa shape index (κ2) is 8.18. The highest BCUT2D eigenvalue weighted by Crippen LogP contribution is 2.20. The van der Waals surface area contributed by atoms with Crippen molar-refractivity contribution in [2.75, 3.05) is 13.7 Å². The van der Waals surface area contributed by atoms with Crippen LogP contribution in [0.5, 0.6) is 0 Å². The van der Waals surface area contributed by atoms with Gasteiger partial charge in [0, 0.05) is 18.5 Å². The van der Waals surface area contributed by atoms with Crippen molar-refractivity contribution in [2.45, 2.75) is 24.8 Å². The summed E-state index contributed by atoms with van der Waals surface area (Å²) in [6, 6.07) is 14.0. The molecule has 1 heterocycles. The molecular weight excluding hydrogens is 394 g/mol. The molecule has 0 amide bonds. The van der Waals surface area contributed by atoms with Crippen LogP contribution in [0, 0.1) is 0 Å². The zero-order valence-electron chi connectivity index (χ0n) is 16.3. The van der Waals surface area contributed by atoms with E-state index in [1.54, 1.807) is 32.0 Å². The summed E-state index contributed by atoms with van der Waals surface area (Å²) in [6.07, 6.45) is 0. The SMILES string of the molecule is CC(C)N(C)S(=O)(=O)c1cccc(C(=O)OCC(=O)c2cc3ccccc3o2)c1. The number of furan rings is 1. The Hall–Kier alpha value is -2.97. The van der Waals surface area contributed by atoms with E-state index in [0.717, 1.165) is 5.39 Å². The predicted octanol–water partition coefficient (Wildman–Crippen LogP) is 3.50. The first kappa shape index (κ1) is 20.8. The Labute approximate surface area is 168 Å². The molecule has 0 unspecified atom stereocenters. The largest absolute Gasteiger partial charge is 0.454 e. The summed E-state index contributed by atoms with van der Waals surface area (Å²) in [5.74, 6) is -1.19. The lowest BCUT2D eigenvalue weighted by atomic mass is 10.2. The van der Waals surface area contributed by atoms with Gasteiger partial charge in [-0.1, -0.05) is 24.3 Å². The molecule has 0 spiro atoms. The van der Waals surface area contributed by atoms with Crippen molar-refractivity contribution in [1.82, 2.24) is 4.31 Å². The fourth-order valence-electron chi connectivity index (χ4n) is 2.63. The van der Waals surface area contributed by atoms with E-state index in [9.17, 15) is 18.0 Å². The zero-order chi connectivity index (χ0) is 21.2. The van der Waals surface area contributed by atoms with Gasteiger partial charge in [-0.25, -0.2) is 13.2 Å². The first-order valence-corrected chi connectivity index (χ1v) is 10.4. The lowest BCUT2D eigenvalue weighted by Gasteiger charge is -2.21. The zero-order valence-corrected chi connectivity index (χ0v) is 17.1. The molecule has 0 saturated heterocycles. The fourth-order valence-corrected chi connectivity index (χ4v) is 4.05. The highest BCUT2D eigenvalue weighted by Gasteiger charge is 2.24. The van der Waals surface area contributed by atoms with Crippen LogP contribution in [0.25, 0.3) is 11.0 Å². The van der Waals surface area contributed by atoms with Crippen LogP contribution in [0.4, 0.5) is 0 Å². The highest BCUT2D eigenvalue weighted by molar-refractivity contribution is 7.89. The van der Waals surface area contributed by atoms with Crippen molar-refractivity contribution >= 4 is 32.7 Å². The van der Waals surface area contributed by atoms with E-state index < -0.39 is 28.4 Å². The number of nitrogens with zero attached hydrogens (tertiary/aromatic N) is 1. The Bertz CT molecular complexity index is 1130. The third-order valence-corrected chi connectivity index (χ3v) is 6.54. The molecule has 0 bridgehead atoms. The third-order valence-electron chi connectivity index (χ3n) is 4.51. The molecule has 0 saturated carbocycles. The van der Waals surface area contributed by atoms with Crippen LogP contribution in [-0.4, -0.2) is 44.2 Å². The molecule has 0 radical (unpaired) electrons. The number of Topliss-reactive ketones (excluding diaryl/α,β-unsaturated/α-hetero) is 1. The molecule has 0 aliphatic carbocycles. The van der Waals surface area contributed by atoms with Gasteiger partial charge >= 0.3 is 5.97 Å². The van der Waals surface area contributed by atoms with Gasteiger partial charge in [-0.3, -0.25) is 4.79 Å². The number of benzene rings is 2. The van der Waals surface area contributed by atoms with Gasteiger partial charge in [-0.15, -0.1) is 0 Å². The van der Waals surface area contributed by atoms with Gasteiger partial charge in [0.25, 0.3) is 0 Å². The molecule has 3 rings (SSSR count). The second-order valence-electron chi connectivity index (χ2n) is 6.79. The van der Waals surface area contributed by atoms with Gasteiger partial charge in [0.05, 0.1) is 10.5 Å². The summed E-state index contributed by atoms with van der Waals surface area (Å²) in [6.45, 7) is 2.99. The van der Waals surface area contributed by atoms with E-state index in [4.69, 9.17) is 9.15 Å². The minimum absolute atomic E-state index is 0.0215. The number of sulfonamides is 1. The lowest BCUT2D eigenvalue weighted by Crippen LogP contribution is -2.33. The van der Waals surface area contributed by atoms with Crippen LogP contribution in [0.2, 0.25) is 0 Å². The molecule has 29 heavy (non-hydrogen) atoms. The first-order chi connectivity index (χ1) is 13.7. The predicted molar refractivity (Wildman–Crippen MR) is 107 cm³/mol. The summed E-state index contributed by atoms with van der Waals surface area (Å²) in [7, 11) is -2.27. The minimum atomic E-state index is -3.74. The molecular formula is C21H21NO6S. The Balaban J connectivity index is 1.72. The van der Waals surface area contributed by atoms with E-state index in [0.29, 0.717) is 5.58 Å². The Morgan fingerprint density at radius 1 is 1.07 bits per heavy atom. The summed E-state index contributed by atoms with van der Waals surface area (Å²) in [5, 5.41) is 0.773. The maximum atomic E-state index is 12.6. The van der Waals surface area contributed by atoms with E-state index in [1.165, 1.54) is 35.6 Å². The van der Waals surface area contributed by atoms with Gasteiger partial charge in [0.2, 0.25) is 15.8 Å². The van der Waals surface area contributed by atoms with E-state index in [-0.39, 0.29) is 22.3 Å². The van der Waals surface area contributed by atoms with Crippen molar-refractivity contribution in [1.29, 1.82) is 0 Å². The Morgan fingerprint density at radius 3 is 2.48 bits per heavy atom. The molecule has 1 aromatic heterocycles. The number of fused-ring (bicyclic) bond motifs is 1. The number of para-hydroxylation sites is 1. The van der Waals surface area contributed by atoms with Gasteiger partial charge in [-0.05, 0) is 44.2 Å². The standard InChI is InChI=1S/C21H21NO6S/c1-14(2)22(3)29(25,26)17-9-6-8-16(11-17)21(24)27-13-18(23)20-12-15-7-4-5-10-19(15)28-20/h4-12,14H,13H2,1-3H3. The smallest absolute Gasteiger partial charge is 0.338 e. The number of ketones is 1. The number of esters is 1. The van der Waals surface area contributed by atoms with E-state index in [1.807, 2.05) is 12.1 Å². The molecule has 0 atom stereocenters. The minimum Gasteiger partial charge on any atom is -0.454 e. The van der Waals surface area contributed by atoms with Gasteiger partial charge in [0.15, 0.2) is 12.4 Å². The molecule has 0 aliphatic rings. The van der Waals surface area contributed by atoms with Crippen LogP contribution in [0.3, 0.4) is 0 Å². The normalized spacial score (nSPS) is 11.9. The second-order valence-corrected chi connectivity index (χ2v) is 8.79. The molecule has 152 valence electrons. The average molecular weight is 415 g/mol. The average Bonchev–Trinajstić information content (AvgIpc) is 3.15. The van der Waals surface area contributed by atoms with Crippen molar-refractivity contribution < 1.29 is 27.2 Å². The fraction of sp³-hybridized carbons (Fsp3) is 0.238. The maximum absolute atomic E-state index is 12.6. The number of rotatable bonds is 7. The molecule has 7 nitrogen and oxygen atoms in total. The summed E-state index contributed by atoms with van der Waals surface area (Å²) < 4.78 is 36.9. The van der Waals surface area contributed by atoms with Gasteiger partial charge in [-0.2, -0.15) is 4.31 Å². The topological polar surface area (TPSA) is 93.9 Å². The number of carbonyl (C=O) groups is 2. The summed E-state index contributed by atoms with van der Waals surface area (Å²) in [5.41, 5.74) is 0.606. The van der Waals surface area contributed by atoms with Crippen LogP contribution in [0.15, 0.2) is 63.9 Å². The van der Waals surface area contributed by atoms with Crippen LogP contribution in [-0.2, 0) is 14.8 Å². The van der Waals surface area contributed by atoms with Crippen molar-refractivity contribution in [3.63, 3.8) is 0 Å². The number of ether oxygens (including phenoxy) is 1. The van der Waals surface area contributed by atoms with Crippen molar-refractivity contribution in [3.8, 4) is 0 Å². The maximum Gasteiger partial charge on any atom is 0.338 e. The van der Waals surface area contributed by atoms with Crippen molar-refractivity contribution in [2.24, 2.45) is 0 Å². The van der Waals surface area contributed by atoms with Crippen LogP contribution < -0.4 is 0 Å². The summed E-state index contributed by atoms with van der Waals surface area (Å²) >= 11 is 0. The molecule has 2 aromatic carbocycles. The van der Waals surface area contributed by atoms with Crippen LogP contribution in [0.1, 0.15) is 34.8 Å². The molecule has 0 aliphatic heterocycles. The van der Waals surface area contributed by atoms with E-state index in [2.05, 4.69) is 0 Å². The highest BCUT2D eigenvalue weighted by atomic mass is 32.2. The van der Waals surface area contributed by atoms with Gasteiger partial charge in [0.1, 0.15) is 5.58 Å². The summed E-state index contributed by atoms with van der Waals surface area (Å²) in [4.78, 5) is 24.6. The Kier molecular flexibility index (Phi) is 5.86. The van der Waals surface area contributed by atoms with Crippen LogP contribution >= 0.6 is 0 Å². The molecule has 0 N–H and O–H groups in total. The number of hydrogen-bond donors (Lipinski definition) is 0. The number of carbonyl (C=O) groups excluding carboxylic acids is 2. The van der Waals surface area contributed by atoms with Crippen molar-refractivity contribution in [3.05, 3.63) is 65.9 Å². The van der Waals surface area contributed by atoms with E-state index >= 15 is 0 Å². The monoisotopic (exact) mass is 415 g/mol. The van der Waals surface area contributed by atoms with Gasteiger partial charge < -0.3 is 9.15 Å². The Morgan fingerprint density at radius 2 is 1.79 bits per heavy atom. The quantitative estimate of drug-likeness (QED) is 0.433.